The van der Waals surface area contributed by atoms with Gasteiger partial charge in [-0.15, -0.1) is 0 Å². The molecule has 0 bridgehead atoms. The van der Waals surface area contributed by atoms with E-state index in [1.165, 1.54) is 0 Å². The van der Waals surface area contributed by atoms with Crippen LogP contribution in [-0.2, 0) is 14.8 Å². The summed E-state index contributed by atoms with van der Waals surface area (Å²) in [5.74, 6) is -0.0142. The van der Waals surface area contributed by atoms with Crippen LogP contribution in [0.5, 0.6) is 0 Å². The first-order valence-corrected chi connectivity index (χ1v) is 15.6. The van der Waals surface area contributed by atoms with Gasteiger partial charge < -0.3 is 14.3 Å². The molecule has 0 aliphatic heterocycles. The molecule has 0 aliphatic rings. The highest BCUT2D eigenvalue weighted by Crippen LogP contribution is 2.42. The van der Waals surface area contributed by atoms with E-state index in [1.54, 1.807) is 0 Å². The topological polar surface area (TPSA) is 38.7 Å². The Bertz CT molecular complexity index is 930. The second-order valence-electron chi connectivity index (χ2n) is 11.2. The average molecular weight is 491 g/mol. The van der Waals surface area contributed by atoms with E-state index in [2.05, 4.69) is 114 Å². The van der Waals surface area contributed by atoms with Gasteiger partial charge in [-0.1, -0.05) is 119 Å². The van der Waals surface area contributed by atoms with Crippen molar-refractivity contribution in [1.29, 1.82) is 0 Å². The number of hydrogen-bond acceptors (Lipinski definition) is 3. The molecule has 35 heavy (non-hydrogen) atoms. The lowest BCUT2D eigenvalue weighted by Crippen LogP contribution is -2.49. The molecular formula is C31H42O3Si. The summed E-state index contributed by atoms with van der Waals surface area (Å²) in [7, 11) is -2.08. The Morgan fingerprint density at radius 3 is 1.40 bits per heavy atom. The number of rotatable bonds is 10. The molecule has 3 rings (SSSR count). The molecule has 0 aromatic heterocycles. The molecule has 188 valence electrons. The van der Waals surface area contributed by atoms with E-state index in [0.29, 0.717) is 6.61 Å². The van der Waals surface area contributed by atoms with Crippen LogP contribution in [0, 0.1) is 5.92 Å². The molecule has 0 aliphatic carbocycles. The fraction of sp³-hybridized carbons (Fsp3) is 0.419. The summed E-state index contributed by atoms with van der Waals surface area (Å²) in [5.41, 5.74) is 2.44. The molecule has 3 atom stereocenters. The van der Waals surface area contributed by atoms with E-state index < -0.39 is 20.0 Å². The molecule has 3 nitrogen and oxygen atoms in total. The third-order valence-corrected chi connectivity index (χ3v) is 11.9. The standard InChI is InChI=1S/C31H42O3Si/c1-24(29(25(2)32)34-35(6,7)30(3,4)5)23-33-31(26-17-11-8-12-18-26,27-19-13-9-14-20-27)28-21-15-10-16-22-28/h8-22,24-25,29,32H,23H2,1-7H3. The van der Waals surface area contributed by atoms with Crippen molar-refractivity contribution < 1.29 is 14.3 Å². The average Bonchev–Trinajstić information content (AvgIpc) is 2.84. The van der Waals surface area contributed by atoms with Crippen LogP contribution in [0.15, 0.2) is 91.0 Å². The maximum atomic E-state index is 10.7. The molecule has 0 spiro atoms. The fourth-order valence-electron chi connectivity index (χ4n) is 4.33. The second-order valence-corrected chi connectivity index (χ2v) is 15.9. The van der Waals surface area contributed by atoms with Crippen molar-refractivity contribution in [2.75, 3.05) is 6.61 Å². The summed E-state index contributed by atoms with van der Waals surface area (Å²) in [6, 6.07) is 31.2. The molecule has 0 amide bonds. The molecule has 0 heterocycles. The lowest BCUT2D eigenvalue weighted by Gasteiger charge is -2.43. The zero-order chi connectivity index (χ0) is 25.7. The summed E-state index contributed by atoms with van der Waals surface area (Å²) in [5, 5.41) is 10.8. The van der Waals surface area contributed by atoms with E-state index in [-0.39, 0.29) is 17.1 Å². The molecule has 0 saturated carbocycles. The van der Waals surface area contributed by atoms with E-state index >= 15 is 0 Å². The van der Waals surface area contributed by atoms with Crippen molar-refractivity contribution in [2.45, 2.75) is 70.6 Å². The predicted molar refractivity (Wildman–Crippen MR) is 148 cm³/mol. The minimum Gasteiger partial charge on any atom is -0.411 e. The monoisotopic (exact) mass is 490 g/mol. The van der Waals surface area contributed by atoms with Gasteiger partial charge in [-0.2, -0.15) is 0 Å². The van der Waals surface area contributed by atoms with Crippen LogP contribution >= 0.6 is 0 Å². The fourth-order valence-corrected chi connectivity index (χ4v) is 5.79. The van der Waals surface area contributed by atoms with Crippen molar-refractivity contribution in [1.82, 2.24) is 0 Å². The van der Waals surface area contributed by atoms with Crippen molar-refractivity contribution in [3.05, 3.63) is 108 Å². The Hall–Kier alpha value is -2.24. The van der Waals surface area contributed by atoms with Crippen LogP contribution in [0.4, 0.5) is 0 Å². The molecule has 4 heteroatoms. The van der Waals surface area contributed by atoms with Crippen LogP contribution in [0.1, 0.15) is 51.3 Å². The molecule has 0 fully saturated rings. The van der Waals surface area contributed by atoms with Crippen molar-refractivity contribution >= 4 is 8.32 Å². The SMILES string of the molecule is CC(O)C(O[Si](C)(C)C(C)(C)C)C(C)COC(c1ccccc1)(c1ccccc1)c1ccccc1. The quantitative estimate of drug-likeness (QED) is 0.238. The van der Waals surface area contributed by atoms with Crippen LogP contribution in [0.2, 0.25) is 18.1 Å². The van der Waals surface area contributed by atoms with Gasteiger partial charge in [0.05, 0.1) is 18.8 Å². The highest BCUT2D eigenvalue weighted by molar-refractivity contribution is 6.74. The van der Waals surface area contributed by atoms with Crippen molar-refractivity contribution in [2.24, 2.45) is 5.92 Å². The van der Waals surface area contributed by atoms with Crippen LogP contribution in [0.3, 0.4) is 0 Å². The molecule has 1 N–H and O–H groups in total. The van der Waals surface area contributed by atoms with Gasteiger partial charge in [-0.05, 0) is 41.7 Å². The van der Waals surface area contributed by atoms with E-state index in [4.69, 9.17) is 9.16 Å². The van der Waals surface area contributed by atoms with Gasteiger partial charge in [0.25, 0.3) is 0 Å². The smallest absolute Gasteiger partial charge is 0.192 e. The first kappa shape index (κ1) is 27.3. The predicted octanol–water partition coefficient (Wildman–Crippen LogP) is 7.40. The lowest BCUT2D eigenvalue weighted by molar-refractivity contribution is -0.0581. The minimum atomic E-state index is -2.08. The van der Waals surface area contributed by atoms with E-state index in [1.807, 2.05) is 25.1 Å². The van der Waals surface area contributed by atoms with E-state index in [0.717, 1.165) is 16.7 Å². The van der Waals surface area contributed by atoms with Crippen LogP contribution in [-0.4, -0.2) is 32.2 Å². The van der Waals surface area contributed by atoms with Gasteiger partial charge in [0.1, 0.15) is 5.60 Å². The number of hydrogen-bond donors (Lipinski definition) is 1. The highest BCUT2D eigenvalue weighted by Gasteiger charge is 2.43. The number of benzene rings is 3. The Labute approximate surface area is 213 Å². The van der Waals surface area contributed by atoms with E-state index in [9.17, 15) is 5.11 Å². The third-order valence-electron chi connectivity index (χ3n) is 7.38. The summed E-state index contributed by atoms with van der Waals surface area (Å²) < 4.78 is 13.7. The third kappa shape index (κ3) is 6.12. The zero-order valence-corrected chi connectivity index (χ0v) is 23.4. The Morgan fingerprint density at radius 2 is 1.09 bits per heavy atom. The molecule has 0 saturated heterocycles. The second kappa shape index (κ2) is 11.2. The molecule has 0 radical (unpaired) electrons. The van der Waals surface area contributed by atoms with Crippen molar-refractivity contribution in [3.8, 4) is 0 Å². The zero-order valence-electron chi connectivity index (χ0n) is 22.4. The number of aliphatic hydroxyl groups excluding tert-OH is 1. The van der Waals surface area contributed by atoms with Crippen molar-refractivity contribution in [3.63, 3.8) is 0 Å². The van der Waals surface area contributed by atoms with Gasteiger partial charge >= 0.3 is 0 Å². The van der Waals surface area contributed by atoms with Gasteiger partial charge in [-0.3, -0.25) is 0 Å². The maximum absolute atomic E-state index is 10.7. The molecule has 3 aromatic rings. The molecule has 3 unspecified atom stereocenters. The first-order chi connectivity index (χ1) is 16.5. The normalized spacial score (nSPS) is 15.4. The van der Waals surface area contributed by atoms with Crippen LogP contribution < -0.4 is 0 Å². The number of aliphatic hydroxyl groups is 1. The Morgan fingerprint density at radius 1 is 0.714 bits per heavy atom. The largest absolute Gasteiger partial charge is 0.411 e. The highest BCUT2D eigenvalue weighted by atomic mass is 28.4. The van der Waals surface area contributed by atoms with Gasteiger partial charge in [0.15, 0.2) is 8.32 Å². The first-order valence-electron chi connectivity index (χ1n) is 12.7. The summed E-state index contributed by atoms with van der Waals surface area (Å²) >= 11 is 0. The van der Waals surface area contributed by atoms with Gasteiger partial charge in [-0.25, -0.2) is 0 Å². The lowest BCUT2D eigenvalue weighted by atomic mass is 9.80. The molecule has 3 aromatic carbocycles. The summed E-state index contributed by atoms with van der Waals surface area (Å²) in [6.45, 7) is 15.5. The van der Waals surface area contributed by atoms with Gasteiger partial charge in [0.2, 0.25) is 0 Å². The Kier molecular flexibility index (Phi) is 8.76. The maximum Gasteiger partial charge on any atom is 0.192 e. The molecular weight excluding hydrogens is 448 g/mol. The van der Waals surface area contributed by atoms with Crippen LogP contribution in [0.25, 0.3) is 0 Å². The number of ether oxygens (including phenoxy) is 1. The summed E-state index contributed by atoms with van der Waals surface area (Å²) in [4.78, 5) is 0. The van der Waals surface area contributed by atoms with Gasteiger partial charge in [0, 0.05) is 5.92 Å². The summed E-state index contributed by atoms with van der Waals surface area (Å²) in [6.07, 6.45) is -0.904. The minimum absolute atomic E-state index is 0.0142. The Balaban J connectivity index is 2.03.